The molecule has 1 amide bonds. The molecule has 0 heterocycles. The average molecular weight is 384 g/mol. The molecule has 1 unspecified atom stereocenters. The van der Waals surface area contributed by atoms with Crippen molar-refractivity contribution in [1.29, 1.82) is 0 Å². The smallest absolute Gasteiger partial charge is 0.410 e. The first-order valence-electron chi connectivity index (χ1n) is 9.09. The van der Waals surface area contributed by atoms with Gasteiger partial charge in [-0.05, 0) is 36.5 Å². The number of rotatable bonds is 9. The summed E-state index contributed by atoms with van der Waals surface area (Å²) in [5.41, 5.74) is 0.899. The van der Waals surface area contributed by atoms with Crippen LogP contribution in [0.25, 0.3) is 0 Å². The van der Waals surface area contributed by atoms with E-state index < -0.39 is 18.1 Å². The molecule has 5 nitrogen and oxygen atoms in total. The molecule has 0 fully saturated rings. The second-order valence-corrected chi connectivity index (χ2v) is 7.56. The Morgan fingerprint density at radius 1 is 1.00 bits per heavy atom. The van der Waals surface area contributed by atoms with Crippen LogP contribution < -0.4 is 0 Å². The normalized spacial score (nSPS) is 12.2. The van der Waals surface area contributed by atoms with Crippen molar-refractivity contribution in [2.75, 3.05) is 19.8 Å². The van der Waals surface area contributed by atoms with Crippen LogP contribution in [0.15, 0.2) is 24.3 Å². The lowest BCUT2D eigenvalue weighted by molar-refractivity contribution is -0.150. The number of hydrogen-bond donors (Lipinski definition) is 0. The molecule has 0 radical (unpaired) electrons. The van der Waals surface area contributed by atoms with Crippen molar-refractivity contribution >= 4 is 23.7 Å². The molecule has 0 bridgehead atoms. The number of amides is 1. The fourth-order valence-electron chi connectivity index (χ4n) is 2.31. The van der Waals surface area contributed by atoms with Gasteiger partial charge in [-0.25, -0.2) is 9.59 Å². The molecule has 0 spiro atoms. The molecule has 6 heteroatoms. The van der Waals surface area contributed by atoms with E-state index in [0.29, 0.717) is 31.2 Å². The molecule has 146 valence electrons. The van der Waals surface area contributed by atoms with Crippen LogP contribution in [0.5, 0.6) is 0 Å². The van der Waals surface area contributed by atoms with Crippen molar-refractivity contribution in [3.63, 3.8) is 0 Å². The zero-order valence-electron chi connectivity index (χ0n) is 16.3. The van der Waals surface area contributed by atoms with Gasteiger partial charge in [-0.1, -0.05) is 51.4 Å². The van der Waals surface area contributed by atoms with E-state index in [-0.39, 0.29) is 11.8 Å². The highest BCUT2D eigenvalue weighted by molar-refractivity contribution is 6.30. The maximum absolute atomic E-state index is 12.7. The topological polar surface area (TPSA) is 55.8 Å². The Morgan fingerprint density at radius 3 is 2.04 bits per heavy atom. The summed E-state index contributed by atoms with van der Waals surface area (Å²) in [5, 5.41) is 0.622. The Kier molecular flexibility index (Phi) is 9.49. The third kappa shape index (κ3) is 7.65. The molecule has 1 atom stereocenters. The monoisotopic (exact) mass is 383 g/mol. The lowest BCUT2D eigenvalue weighted by atomic mass is 10.0. The minimum atomic E-state index is -0.736. The summed E-state index contributed by atoms with van der Waals surface area (Å²) < 4.78 is 10.7. The SMILES string of the molecule is CCN(C(=O)OCC(C)C)C(Cc1ccc(Cl)cc1)C(=O)OCC(C)C. The summed E-state index contributed by atoms with van der Waals surface area (Å²) in [6.07, 6.45) is -0.153. The Labute approximate surface area is 161 Å². The number of halogens is 1. The first kappa shape index (κ1) is 22.3. The maximum Gasteiger partial charge on any atom is 0.410 e. The summed E-state index contributed by atoms with van der Waals surface area (Å²) in [7, 11) is 0. The number of carbonyl (C=O) groups excluding carboxylic acids is 2. The largest absolute Gasteiger partial charge is 0.464 e. The quantitative estimate of drug-likeness (QED) is 0.586. The summed E-state index contributed by atoms with van der Waals surface area (Å²) >= 11 is 5.93. The fourth-order valence-corrected chi connectivity index (χ4v) is 2.43. The van der Waals surface area contributed by atoms with Gasteiger partial charge in [0.15, 0.2) is 0 Å². The molecule has 0 aliphatic rings. The highest BCUT2D eigenvalue weighted by Crippen LogP contribution is 2.16. The van der Waals surface area contributed by atoms with Crippen molar-refractivity contribution < 1.29 is 19.1 Å². The van der Waals surface area contributed by atoms with Gasteiger partial charge in [0.1, 0.15) is 6.04 Å². The van der Waals surface area contributed by atoms with Crippen LogP contribution in [-0.4, -0.2) is 42.8 Å². The summed E-state index contributed by atoms with van der Waals surface area (Å²) in [4.78, 5) is 26.6. The molecule has 0 aliphatic heterocycles. The zero-order valence-corrected chi connectivity index (χ0v) is 17.1. The highest BCUT2D eigenvalue weighted by Gasteiger charge is 2.31. The average Bonchev–Trinajstić information content (AvgIpc) is 2.59. The van der Waals surface area contributed by atoms with Crippen LogP contribution in [0.1, 0.15) is 40.2 Å². The van der Waals surface area contributed by atoms with Gasteiger partial charge < -0.3 is 9.47 Å². The lowest BCUT2D eigenvalue weighted by Crippen LogP contribution is -2.47. The standard InChI is InChI=1S/C20H30ClNO4/c1-6-22(20(24)26-13-15(4)5)18(19(23)25-12-14(2)3)11-16-7-9-17(21)10-8-16/h7-10,14-15,18H,6,11-13H2,1-5H3. The van der Waals surface area contributed by atoms with Crippen LogP contribution >= 0.6 is 11.6 Å². The summed E-state index contributed by atoms with van der Waals surface area (Å²) in [5.74, 6) is 0.0235. The fraction of sp³-hybridized carbons (Fsp3) is 0.600. The molecule has 1 rings (SSSR count). The Morgan fingerprint density at radius 2 is 1.54 bits per heavy atom. The van der Waals surface area contributed by atoms with E-state index in [4.69, 9.17) is 21.1 Å². The van der Waals surface area contributed by atoms with Crippen molar-refractivity contribution in [2.24, 2.45) is 11.8 Å². The molecule has 0 saturated carbocycles. The van der Waals surface area contributed by atoms with Gasteiger partial charge in [0.2, 0.25) is 0 Å². The first-order valence-corrected chi connectivity index (χ1v) is 9.46. The van der Waals surface area contributed by atoms with Crippen LogP contribution in [0.4, 0.5) is 4.79 Å². The van der Waals surface area contributed by atoms with Crippen molar-refractivity contribution in [1.82, 2.24) is 4.90 Å². The van der Waals surface area contributed by atoms with Crippen molar-refractivity contribution in [3.05, 3.63) is 34.9 Å². The number of carbonyl (C=O) groups is 2. The van der Waals surface area contributed by atoms with Gasteiger partial charge in [-0.2, -0.15) is 0 Å². The Bertz CT molecular complexity index is 572. The Hall–Kier alpha value is -1.75. The van der Waals surface area contributed by atoms with Gasteiger partial charge in [-0.15, -0.1) is 0 Å². The Balaban J connectivity index is 2.97. The van der Waals surface area contributed by atoms with Crippen LogP contribution in [0, 0.1) is 11.8 Å². The molecule has 0 saturated heterocycles. The van der Waals surface area contributed by atoms with Crippen LogP contribution in [-0.2, 0) is 20.7 Å². The predicted molar refractivity (Wildman–Crippen MR) is 103 cm³/mol. The van der Waals surface area contributed by atoms with E-state index in [9.17, 15) is 9.59 Å². The molecular weight excluding hydrogens is 354 g/mol. The number of hydrogen-bond acceptors (Lipinski definition) is 4. The molecule has 0 aliphatic carbocycles. The van der Waals surface area contributed by atoms with Crippen LogP contribution in [0.3, 0.4) is 0 Å². The number of likely N-dealkylation sites (N-methyl/N-ethyl adjacent to an activating group) is 1. The zero-order chi connectivity index (χ0) is 19.7. The third-order valence-electron chi connectivity index (χ3n) is 3.66. The number of nitrogens with zero attached hydrogens (tertiary/aromatic N) is 1. The second kappa shape index (κ2) is 11.1. The third-order valence-corrected chi connectivity index (χ3v) is 3.92. The maximum atomic E-state index is 12.7. The van der Waals surface area contributed by atoms with Crippen molar-refractivity contribution in [3.8, 4) is 0 Å². The molecule has 26 heavy (non-hydrogen) atoms. The van der Waals surface area contributed by atoms with Gasteiger partial charge in [-0.3, -0.25) is 4.90 Å². The molecule has 1 aromatic rings. The number of ether oxygens (including phenoxy) is 2. The van der Waals surface area contributed by atoms with E-state index in [2.05, 4.69) is 0 Å². The predicted octanol–water partition coefficient (Wildman–Crippen LogP) is 4.56. The van der Waals surface area contributed by atoms with Gasteiger partial charge in [0.05, 0.1) is 13.2 Å². The molecule has 0 aromatic heterocycles. The lowest BCUT2D eigenvalue weighted by Gasteiger charge is -2.29. The van der Waals surface area contributed by atoms with E-state index in [0.717, 1.165) is 5.56 Å². The molecule has 1 aromatic carbocycles. The van der Waals surface area contributed by atoms with E-state index in [1.54, 1.807) is 12.1 Å². The molecule has 0 N–H and O–H groups in total. The minimum absolute atomic E-state index is 0.220. The van der Waals surface area contributed by atoms with Gasteiger partial charge >= 0.3 is 12.1 Å². The summed E-state index contributed by atoms with van der Waals surface area (Å²) in [6.45, 7) is 10.7. The van der Waals surface area contributed by atoms with E-state index in [1.807, 2.05) is 46.8 Å². The minimum Gasteiger partial charge on any atom is -0.464 e. The summed E-state index contributed by atoms with van der Waals surface area (Å²) in [6, 6.07) is 6.48. The van der Waals surface area contributed by atoms with E-state index in [1.165, 1.54) is 4.90 Å². The number of benzene rings is 1. The first-order chi connectivity index (χ1) is 12.2. The van der Waals surface area contributed by atoms with E-state index >= 15 is 0 Å². The van der Waals surface area contributed by atoms with Crippen molar-refractivity contribution in [2.45, 2.75) is 47.1 Å². The molecular formula is C20H30ClNO4. The highest BCUT2D eigenvalue weighted by atomic mass is 35.5. The van der Waals surface area contributed by atoms with Crippen LogP contribution in [0.2, 0.25) is 5.02 Å². The second-order valence-electron chi connectivity index (χ2n) is 7.13. The van der Waals surface area contributed by atoms with Gasteiger partial charge in [0.25, 0.3) is 0 Å². The van der Waals surface area contributed by atoms with Gasteiger partial charge in [0, 0.05) is 18.0 Å². The number of esters is 1.